The van der Waals surface area contributed by atoms with Crippen molar-refractivity contribution in [3.05, 3.63) is 29.8 Å². The van der Waals surface area contributed by atoms with Gasteiger partial charge in [0, 0.05) is 40.2 Å². The quantitative estimate of drug-likeness (QED) is 0.235. The standard InChI is InChI=1S/C21H34N4O2.HI/c1-4-27-19-11-9-18(10-12-19)16-25(3)21(22-2)24-14-13-23-20(26)15-17-7-5-6-8-17;/h9-12,17H,4-8,13-16H2,1-3H3,(H,22,24)(H,23,26);1H. The van der Waals surface area contributed by atoms with Crippen molar-refractivity contribution in [1.82, 2.24) is 15.5 Å². The van der Waals surface area contributed by atoms with Gasteiger partial charge >= 0.3 is 0 Å². The molecule has 1 amide bonds. The number of rotatable bonds is 9. The van der Waals surface area contributed by atoms with Crippen molar-refractivity contribution in [3.63, 3.8) is 0 Å². The van der Waals surface area contributed by atoms with Crippen LogP contribution in [-0.2, 0) is 11.3 Å². The van der Waals surface area contributed by atoms with Gasteiger partial charge in [-0.05, 0) is 43.4 Å². The number of nitrogens with one attached hydrogen (secondary N) is 2. The van der Waals surface area contributed by atoms with Gasteiger partial charge in [-0.3, -0.25) is 9.79 Å². The first-order chi connectivity index (χ1) is 13.1. The van der Waals surface area contributed by atoms with Gasteiger partial charge in [0.1, 0.15) is 5.75 Å². The first-order valence-corrected chi connectivity index (χ1v) is 10.0. The van der Waals surface area contributed by atoms with Crippen LogP contribution in [0.3, 0.4) is 0 Å². The lowest BCUT2D eigenvalue weighted by atomic mass is 10.0. The Hall–Kier alpha value is -1.51. The van der Waals surface area contributed by atoms with Crippen LogP contribution >= 0.6 is 24.0 Å². The van der Waals surface area contributed by atoms with Gasteiger partial charge in [0.15, 0.2) is 5.96 Å². The molecule has 1 fully saturated rings. The molecule has 1 aromatic carbocycles. The summed E-state index contributed by atoms with van der Waals surface area (Å²) in [5.41, 5.74) is 1.19. The maximum atomic E-state index is 12.0. The van der Waals surface area contributed by atoms with E-state index in [9.17, 15) is 4.79 Å². The Labute approximate surface area is 186 Å². The van der Waals surface area contributed by atoms with E-state index in [0.717, 1.165) is 18.3 Å². The van der Waals surface area contributed by atoms with Crippen molar-refractivity contribution < 1.29 is 9.53 Å². The van der Waals surface area contributed by atoms with E-state index in [2.05, 4.69) is 32.7 Å². The molecule has 0 saturated heterocycles. The summed E-state index contributed by atoms with van der Waals surface area (Å²) in [5.74, 6) is 2.46. The van der Waals surface area contributed by atoms with E-state index in [1.807, 2.05) is 26.1 Å². The molecule has 0 aromatic heterocycles. The third-order valence-corrected chi connectivity index (χ3v) is 4.91. The monoisotopic (exact) mass is 502 g/mol. The van der Waals surface area contributed by atoms with Crippen molar-refractivity contribution in [2.75, 3.05) is 33.8 Å². The van der Waals surface area contributed by atoms with Crippen LogP contribution in [0.1, 0.15) is 44.6 Å². The lowest BCUT2D eigenvalue weighted by molar-refractivity contribution is -0.121. The molecule has 1 aliphatic rings. The third kappa shape index (κ3) is 8.67. The summed E-state index contributed by atoms with van der Waals surface area (Å²) in [7, 11) is 3.78. The number of carbonyl (C=O) groups is 1. The zero-order valence-electron chi connectivity index (χ0n) is 17.4. The fourth-order valence-corrected chi connectivity index (χ4v) is 3.52. The van der Waals surface area contributed by atoms with Crippen molar-refractivity contribution in [2.24, 2.45) is 10.9 Å². The number of ether oxygens (including phenoxy) is 1. The predicted molar refractivity (Wildman–Crippen MR) is 125 cm³/mol. The number of halogens is 1. The topological polar surface area (TPSA) is 66.0 Å². The fraction of sp³-hybridized carbons (Fsp3) is 0.619. The normalized spacial score (nSPS) is 14.3. The van der Waals surface area contributed by atoms with Crippen LogP contribution < -0.4 is 15.4 Å². The summed E-state index contributed by atoms with van der Waals surface area (Å²) in [5, 5.41) is 6.31. The van der Waals surface area contributed by atoms with Crippen LogP contribution in [0.4, 0.5) is 0 Å². The number of hydrogen-bond acceptors (Lipinski definition) is 3. The molecule has 0 spiro atoms. The molecule has 1 aliphatic carbocycles. The second kappa shape index (κ2) is 13.6. The molecule has 158 valence electrons. The van der Waals surface area contributed by atoms with Gasteiger partial charge in [-0.2, -0.15) is 0 Å². The summed E-state index contributed by atoms with van der Waals surface area (Å²) in [6, 6.07) is 8.11. The van der Waals surface area contributed by atoms with E-state index in [1.54, 1.807) is 7.05 Å². The van der Waals surface area contributed by atoms with Crippen molar-refractivity contribution >= 4 is 35.8 Å². The molecule has 2 rings (SSSR count). The van der Waals surface area contributed by atoms with E-state index in [1.165, 1.54) is 31.2 Å². The number of carbonyl (C=O) groups excluding carboxylic acids is 1. The van der Waals surface area contributed by atoms with Crippen molar-refractivity contribution in [2.45, 2.75) is 45.6 Å². The zero-order chi connectivity index (χ0) is 19.5. The number of guanidine groups is 1. The number of benzene rings is 1. The first-order valence-electron chi connectivity index (χ1n) is 10.0. The van der Waals surface area contributed by atoms with Crippen LogP contribution in [0, 0.1) is 5.92 Å². The summed E-state index contributed by atoms with van der Waals surface area (Å²) in [6.45, 7) is 4.68. The molecule has 28 heavy (non-hydrogen) atoms. The molecule has 0 heterocycles. The molecule has 2 N–H and O–H groups in total. The Morgan fingerprint density at radius 1 is 1.18 bits per heavy atom. The van der Waals surface area contributed by atoms with E-state index in [-0.39, 0.29) is 29.9 Å². The Balaban J connectivity index is 0.00000392. The Morgan fingerprint density at radius 3 is 2.43 bits per heavy atom. The smallest absolute Gasteiger partial charge is 0.220 e. The van der Waals surface area contributed by atoms with E-state index < -0.39 is 0 Å². The molecule has 0 unspecified atom stereocenters. The summed E-state index contributed by atoms with van der Waals surface area (Å²) in [6.07, 6.45) is 5.63. The zero-order valence-corrected chi connectivity index (χ0v) is 19.7. The highest BCUT2D eigenvalue weighted by Gasteiger charge is 2.18. The molecule has 1 saturated carbocycles. The molecule has 0 atom stereocenters. The molecular formula is C21H35IN4O2. The number of aliphatic imine (C=N–C) groups is 1. The minimum atomic E-state index is 0. The summed E-state index contributed by atoms with van der Waals surface area (Å²) >= 11 is 0. The SMILES string of the molecule is CCOc1ccc(CN(C)C(=NC)NCCNC(=O)CC2CCCC2)cc1.I. The minimum absolute atomic E-state index is 0. The third-order valence-electron chi connectivity index (χ3n) is 4.91. The molecular weight excluding hydrogens is 467 g/mol. The first kappa shape index (κ1) is 24.5. The number of hydrogen-bond donors (Lipinski definition) is 2. The van der Waals surface area contributed by atoms with Gasteiger partial charge in [-0.1, -0.05) is 25.0 Å². The summed E-state index contributed by atoms with van der Waals surface area (Å²) in [4.78, 5) is 18.4. The van der Waals surface area contributed by atoms with Crippen LogP contribution in [0.2, 0.25) is 0 Å². The lowest BCUT2D eigenvalue weighted by Crippen LogP contribution is -2.42. The van der Waals surface area contributed by atoms with Crippen LogP contribution in [-0.4, -0.2) is 50.6 Å². The van der Waals surface area contributed by atoms with Gasteiger partial charge in [-0.15, -0.1) is 24.0 Å². The Bertz CT molecular complexity index is 601. The second-order valence-corrected chi connectivity index (χ2v) is 7.11. The molecule has 0 aliphatic heterocycles. The van der Waals surface area contributed by atoms with E-state index in [4.69, 9.17) is 4.74 Å². The van der Waals surface area contributed by atoms with Gasteiger partial charge in [0.25, 0.3) is 0 Å². The molecule has 1 aromatic rings. The van der Waals surface area contributed by atoms with Crippen LogP contribution in [0.15, 0.2) is 29.3 Å². The highest BCUT2D eigenvalue weighted by atomic mass is 127. The fourth-order valence-electron chi connectivity index (χ4n) is 3.52. The maximum Gasteiger partial charge on any atom is 0.220 e. The second-order valence-electron chi connectivity index (χ2n) is 7.11. The van der Waals surface area contributed by atoms with Crippen LogP contribution in [0.25, 0.3) is 0 Å². The molecule has 0 bridgehead atoms. The number of nitrogens with zero attached hydrogens (tertiary/aromatic N) is 2. The highest BCUT2D eigenvalue weighted by Crippen LogP contribution is 2.27. The largest absolute Gasteiger partial charge is 0.494 e. The van der Waals surface area contributed by atoms with Crippen molar-refractivity contribution in [3.8, 4) is 5.75 Å². The molecule has 7 heteroatoms. The van der Waals surface area contributed by atoms with Crippen LogP contribution in [0.5, 0.6) is 5.75 Å². The summed E-state index contributed by atoms with van der Waals surface area (Å²) < 4.78 is 5.48. The number of amides is 1. The van der Waals surface area contributed by atoms with Gasteiger partial charge in [0.2, 0.25) is 5.91 Å². The van der Waals surface area contributed by atoms with Gasteiger partial charge in [0.05, 0.1) is 6.61 Å². The predicted octanol–water partition coefficient (Wildman–Crippen LogP) is 3.41. The molecule has 0 radical (unpaired) electrons. The maximum absolute atomic E-state index is 12.0. The highest BCUT2D eigenvalue weighted by molar-refractivity contribution is 14.0. The molecule has 6 nitrogen and oxygen atoms in total. The Morgan fingerprint density at radius 2 is 1.82 bits per heavy atom. The lowest BCUT2D eigenvalue weighted by Gasteiger charge is -2.22. The average Bonchev–Trinajstić information content (AvgIpc) is 3.16. The van der Waals surface area contributed by atoms with Gasteiger partial charge in [-0.25, -0.2) is 0 Å². The average molecular weight is 502 g/mol. The van der Waals surface area contributed by atoms with Crippen molar-refractivity contribution in [1.29, 1.82) is 0 Å². The Kier molecular flexibility index (Phi) is 11.9. The minimum Gasteiger partial charge on any atom is -0.494 e. The van der Waals surface area contributed by atoms with E-state index in [0.29, 0.717) is 32.0 Å². The van der Waals surface area contributed by atoms with Gasteiger partial charge < -0.3 is 20.3 Å². The van der Waals surface area contributed by atoms with E-state index >= 15 is 0 Å².